The summed E-state index contributed by atoms with van der Waals surface area (Å²) >= 11 is 1.56. The van der Waals surface area contributed by atoms with Crippen LogP contribution in [0.15, 0.2) is 54.6 Å². The molecule has 0 saturated carbocycles. The minimum Gasteiger partial charge on any atom is -0.460 e. The quantitative estimate of drug-likeness (QED) is 0.359. The summed E-state index contributed by atoms with van der Waals surface area (Å²) in [6.07, 6.45) is 0. The van der Waals surface area contributed by atoms with Crippen LogP contribution in [0.3, 0.4) is 0 Å². The fourth-order valence-corrected chi connectivity index (χ4v) is 3.78. The Morgan fingerprint density at radius 2 is 1.78 bits per heavy atom. The van der Waals surface area contributed by atoms with Crippen LogP contribution in [-0.4, -0.2) is 35.8 Å². The molecule has 0 aliphatic carbocycles. The van der Waals surface area contributed by atoms with Gasteiger partial charge in [-0.3, -0.25) is 0 Å². The first kappa shape index (κ1) is 17.6. The van der Waals surface area contributed by atoms with Crippen molar-refractivity contribution >= 4 is 38.4 Å². The third-order valence-electron chi connectivity index (χ3n) is 4.11. The number of fused-ring (bicyclic) bond motifs is 2. The molecule has 0 atom stereocenters. The molecule has 0 radical (unpaired) electrons. The van der Waals surface area contributed by atoms with E-state index in [1.807, 2.05) is 55.5 Å². The van der Waals surface area contributed by atoms with E-state index < -0.39 is 0 Å². The van der Waals surface area contributed by atoms with Gasteiger partial charge in [-0.15, -0.1) is 11.3 Å². The van der Waals surface area contributed by atoms with Gasteiger partial charge < -0.3 is 9.47 Å². The molecule has 0 aliphatic rings. The van der Waals surface area contributed by atoms with Crippen molar-refractivity contribution in [2.45, 2.75) is 6.92 Å². The third-order valence-corrected chi connectivity index (χ3v) is 5.17. The first-order valence-corrected chi connectivity index (χ1v) is 9.58. The van der Waals surface area contributed by atoms with Crippen LogP contribution in [0.1, 0.15) is 17.3 Å². The summed E-state index contributed by atoms with van der Waals surface area (Å²) in [6, 6.07) is 17.3. The zero-order valence-corrected chi connectivity index (χ0v) is 15.7. The van der Waals surface area contributed by atoms with Gasteiger partial charge in [-0.1, -0.05) is 30.3 Å². The van der Waals surface area contributed by atoms with Gasteiger partial charge in [0.1, 0.15) is 17.3 Å². The fourth-order valence-electron chi connectivity index (χ4n) is 2.85. The highest BCUT2D eigenvalue weighted by Crippen LogP contribution is 2.31. The van der Waals surface area contributed by atoms with Gasteiger partial charge in [0, 0.05) is 12.0 Å². The Morgan fingerprint density at radius 1 is 1.00 bits per heavy atom. The van der Waals surface area contributed by atoms with Crippen molar-refractivity contribution in [3.63, 3.8) is 0 Å². The van der Waals surface area contributed by atoms with Crippen molar-refractivity contribution in [3.8, 4) is 10.7 Å². The van der Waals surface area contributed by atoms with E-state index in [1.54, 1.807) is 17.4 Å². The SMILES string of the molecule is CCOCCOC(=O)c1cc(-c2nc3ccccc3s2)nc2ccccc12. The summed E-state index contributed by atoms with van der Waals surface area (Å²) in [5.74, 6) is -0.379. The average Bonchev–Trinajstić information content (AvgIpc) is 3.14. The number of hydrogen-bond donors (Lipinski definition) is 0. The molecule has 136 valence electrons. The molecule has 0 spiro atoms. The van der Waals surface area contributed by atoms with Crippen molar-refractivity contribution in [2.24, 2.45) is 0 Å². The van der Waals surface area contributed by atoms with E-state index >= 15 is 0 Å². The van der Waals surface area contributed by atoms with Crippen LogP contribution in [0.25, 0.3) is 31.8 Å². The van der Waals surface area contributed by atoms with Crippen molar-refractivity contribution in [1.29, 1.82) is 0 Å². The maximum absolute atomic E-state index is 12.7. The third kappa shape index (κ3) is 3.67. The Morgan fingerprint density at radius 3 is 2.59 bits per heavy atom. The number of ether oxygens (including phenoxy) is 2. The number of carbonyl (C=O) groups is 1. The monoisotopic (exact) mass is 378 g/mol. The van der Waals surface area contributed by atoms with Gasteiger partial charge in [0.15, 0.2) is 0 Å². The van der Waals surface area contributed by atoms with Crippen LogP contribution in [0.2, 0.25) is 0 Å². The summed E-state index contributed by atoms with van der Waals surface area (Å²) < 4.78 is 11.7. The molecular formula is C21H18N2O3S. The minimum absolute atomic E-state index is 0.222. The van der Waals surface area contributed by atoms with Gasteiger partial charge in [-0.2, -0.15) is 0 Å². The number of carbonyl (C=O) groups excluding carboxylic acids is 1. The van der Waals surface area contributed by atoms with E-state index in [2.05, 4.69) is 4.98 Å². The highest BCUT2D eigenvalue weighted by molar-refractivity contribution is 7.21. The predicted molar refractivity (Wildman–Crippen MR) is 107 cm³/mol. The Balaban J connectivity index is 1.75. The predicted octanol–water partition coefficient (Wildman–Crippen LogP) is 4.70. The molecule has 0 fully saturated rings. The molecule has 0 amide bonds. The second kappa shape index (κ2) is 7.82. The maximum Gasteiger partial charge on any atom is 0.338 e. The highest BCUT2D eigenvalue weighted by Gasteiger charge is 2.17. The van der Waals surface area contributed by atoms with E-state index in [1.165, 1.54) is 0 Å². The summed E-state index contributed by atoms with van der Waals surface area (Å²) in [5.41, 5.74) is 2.83. The van der Waals surface area contributed by atoms with Crippen LogP contribution < -0.4 is 0 Å². The van der Waals surface area contributed by atoms with Gasteiger partial charge >= 0.3 is 5.97 Å². The van der Waals surface area contributed by atoms with Crippen LogP contribution in [-0.2, 0) is 9.47 Å². The number of hydrogen-bond acceptors (Lipinski definition) is 6. The number of nitrogens with zero attached hydrogens (tertiary/aromatic N) is 2. The molecule has 0 aliphatic heterocycles. The first-order valence-electron chi connectivity index (χ1n) is 8.77. The lowest BCUT2D eigenvalue weighted by atomic mass is 10.1. The van der Waals surface area contributed by atoms with E-state index in [9.17, 15) is 4.79 Å². The second-order valence-electron chi connectivity index (χ2n) is 5.89. The summed E-state index contributed by atoms with van der Waals surface area (Å²) in [5, 5.41) is 1.55. The van der Waals surface area contributed by atoms with Gasteiger partial charge in [0.25, 0.3) is 0 Å². The number of esters is 1. The Bertz CT molecular complexity index is 1070. The normalized spacial score (nSPS) is 11.1. The molecule has 0 bridgehead atoms. The van der Waals surface area contributed by atoms with Gasteiger partial charge in [-0.05, 0) is 31.2 Å². The summed E-state index contributed by atoms with van der Waals surface area (Å²) in [6.45, 7) is 3.11. The number of aromatic nitrogens is 2. The Labute approximate surface area is 160 Å². The van der Waals surface area contributed by atoms with E-state index in [0.29, 0.717) is 24.5 Å². The van der Waals surface area contributed by atoms with Crippen LogP contribution >= 0.6 is 11.3 Å². The van der Waals surface area contributed by atoms with Gasteiger partial charge in [-0.25, -0.2) is 14.8 Å². The maximum atomic E-state index is 12.7. The van der Waals surface area contributed by atoms with Crippen LogP contribution in [0.5, 0.6) is 0 Å². The molecule has 0 saturated heterocycles. The molecule has 0 N–H and O–H groups in total. The lowest BCUT2D eigenvalue weighted by molar-refractivity contribution is 0.0337. The van der Waals surface area contributed by atoms with E-state index in [-0.39, 0.29) is 12.6 Å². The second-order valence-corrected chi connectivity index (χ2v) is 6.92. The number of benzene rings is 2. The molecule has 0 unspecified atom stereocenters. The molecule has 2 aromatic heterocycles. The average molecular weight is 378 g/mol. The number of para-hydroxylation sites is 2. The number of rotatable bonds is 6. The smallest absolute Gasteiger partial charge is 0.338 e. The first-order chi connectivity index (χ1) is 13.3. The van der Waals surface area contributed by atoms with Crippen LogP contribution in [0.4, 0.5) is 0 Å². The Kier molecular flexibility index (Phi) is 5.09. The van der Waals surface area contributed by atoms with Crippen molar-refractivity contribution < 1.29 is 14.3 Å². The van der Waals surface area contributed by atoms with Crippen LogP contribution in [0, 0.1) is 0 Å². The van der Waals surface area contributed by atoms with E-state index in [0.717, 1.165) is 26.1 Å². The lowest BCUT2D eigenvalue weighted by Gasteiger charge is -2.09. The molecule has 4 rings (SSSR count). The van der Waals surface area contributed by atoms with Crippen molar-refractivity contribution in [2.75, 3.05) is 19.8 Å². The number of pyridine rings is 1. The molecule has 2 aromatic carbocycles. The standard InChI is InChI=1S/C21H18N2O3S/c1-2-25-11-12-26-21(24)15-13-18(22-16-8-4-3-7-14(15)16)20-23-17-9-5-6-10-19(17)27-20/h3-10,13H,2,11-12H2,1H3. The molecule has 4 aromatic rings. The Hall–Kier alpha value is -2.83. The molecule has 2 heterocycles. The largest absolute Gasteiger partial charge is 0.460 e. The molecule has 6 heteroatoms. The fraction of sp³-hybridized carbons (Fsp3) is 0.190. The topological polar surface area (TPSA) is 61.3 Å². The van der Waals surface area contributed by atoms with Crippen molar-refractivity contribution in [3.05, 3.63) is 60.2 Å². The zero-order valence-electron chi connectivity index (χ0n) is 14.8. The molecule has 27 heavy (non-hydrogen) atoms. The molecular weight excluding hydrogens is 360 g/mol. The highest BCUT2D eigenvalue weighted by atomic mass is 32.1. The number of thiazole rings is 1. The zero-order chi connectivity index (χ0) is 18.6. The minimum atomic E-state index is -0.379. The van der Waals surface area contributed by atoms with Gasteiger partial charge in [0.2, 0.25) is 0 Å². The van der Waals surface area contributed by atoms with Gasteiger partial charge in [0.05, 0.1) is 27.9 Å². The van der Waals surface area contributed by atoms with E-state index in [4.69, 9.17) is 14.5 Å². The molecule has 5 nitrogen and oxygen atoms in total. The summed E-state index contributed by atoms with van der Waals surface area (Å²) in [7, 11) is 0. The summed E-state index contributed by atoms with van der Waals surface area (Å²) in [4.78, 5) is 22.0. The lowest BCUT2D eigenvalue weighted by Crippen LogP contribution is -2.11. The van der Waals surface area contributed by atoms with Crippen molar-refractivity contribution in [1.82, 2.24) is 9.97 Å².